The summed E-state index contributed by atoms with van der Waals surface area (Å²) in [6.07, 6.45) is 3.16. The molecule has 0 fully saturated rings. The summed E-state index contributed by atoms with van der Waals surface area (Å²) < 4.78 is 12.5. The third kappa shape index (κ3) is 2.42. The van der Waals surface area contributed by atoms with Crippen molar-refractivity contribution in [1.29, 1.82) is 0 Å². The number of nitrogen functional groups attached to an aromatic ring is 1. The normalized spacial score (nSPS) is 12.4. The van der Waals surface area contributed by atoms with Crippen LogP contribution in [-0.2, 0) is 16.6 Å². The van der Waals surface area contributed by atoms with E-state index in [0.29, 0.717) is 16.3 Å². The molecule has 3 rings (SSSR count). The van der Waals surface area contributed by atoms with Gasteiger partial charge in [0, 0.05) is 6.20 Å². The molecule has 4 heteroatoms. The van der Waals surface area contributed by atoms with Crippen LogP contribution in [0.2, 0.25) is 0 Å². The summed E-state index contributed by atoms with van der Waals surface area (Å²) in [6.45, 7) is 0. The fraction of sp³-hybridized carbons (Fsp3) is 0.0625. The van der Waals surface area contributed by atoms with Crippen LogP contribution in [0.1, 0.15) is 5.56 Å². The van der Waals surface area contributed by atoms with Gasteiger partial charge in [-0.05, 0) is 22.4 Å². The molecule has 20 heavy (non-hydrogen) atoms. The molecule has 0 saturated heterocycles. The first-order valence-corrected chi connectivity index (χ1v) is 7.62. The summed E-state index contributed by atoms with van der Waals surface area (Å²) in [5.74, 6) is 0.454. The Bertz CT molecular complexity index is 781. The van der Waals surface area contributed by atoms with Crippen molar-refractivity contribution in [1.82, 2.24) is 4.98 Å². The van der Waals surface area contributed by atoms with Gasteiger partial charge in [0.05, 0.1) is 33.3 Å². The molecule has 0 spiro atoms. The highest BCUT2D eigenvalue weighted by molar-refractivity contribution is 7.84. The molecule has 2 aromatic carbocycles. The van der Waals surface area contributed by atoms with E-state index < -0.39 is 10.8 Å². The lowest BCUT2D eigenvalue weighted by atomic mass is 10.1. The second-order valence-corrected chi connectivity index (χ2v) is 5.96. The van der Waals surface area contributed by atoms with Crippen molar-refractivity contribution >= 4 is 27.3 Å². The summed E-state index contributed by atoms with van der Waals surface area (Å²) >= 11 is 0. The molecule has 3 aromatic rings. The van der Waals surface area contributed by atoms with Crippen LogP contribution >= 0.6 is 0 Å². The van der Waals surface area contributed by atoms with E-state index in [1.165, 1.54) is 6.20 Å². The maximum atomic E-state index is 12.5. The number of nitrogens with zero attached hydrogens (tertiary/aromatic N) is 1. The van der Waals surface area contributed by atoms with E-state index in [0.717, 1.165) is 16.3 Å². The Balaban J connectivity index is 1.98. The molecule has 0 aliphatic carbocycles. The van der Waals surface area contributed by atoms with Gasteiger partial charge < -0.3 is 5.73 Å². The van der Waals surface area contributed by atoms with Crippen molar-refractivity contribution in [2.75, 3.05) is 5.73 Å². The molecule has 3 nitrogen and oxygen atoms in total. The van der Waals surface area contributed by atoms with Crippen molar-refractivity contribution < 1.29 is 4.21 Å². The number of hydrogen-bond donors (Lipinski definition) is 1. The third-order valence-corrected chi connectivity index (χ3v) is 4.66. The summed E-state index contributed by atoms with van der Waals surface area (Å²) in [4.78, 5) is 4.57. The van der Waals surface area contributed by atoms with Crippen LogP contribution in [-0.4, -0.2) is 9.19 Å². The number of fused-ring (bicyclic) bond motifs is 1. The highest BCUT2D eigenvalue weighted by atomic mass is 32.2. The maximum absolute atomic E-state index is 12.5. The van der Waals surface area contributed by atoms with Gasteiger partial charge >= 0.3 is 0 Å². The Kier molecular flexibility index (Phi) is 3.48. The summed E-state index contributed by atoms with van der Waals surface area (Å²) in [6, 6.07) is 15.9. The minimum Gasteiger partial charge on any atom is -0.396 e. The van der Waals surface area contributed by atoms with E-state index in [1.54, 1.807) is 12.3 Å². The van der Waals surface area contributed by atoms with Crippen LogP contribution in [0.4, 0.5) is 5.69 Å². The molecule has 0 amide bonds. The van der Waals surface area contributed by atoms with Crippen LogP contribution in [0.3, 0.4) is 0 Å². The Morgan fingerprint density at radius 3 is 2.70 bits per heavy atom. The van der Waals surface area contributed by atoms with E-state index in [-0.39, 0.29) is 0 Å². The van der Waals surface area contributed by atoms with Gasteiger partial charge in [-0.25, -0.2) is 0 Å². The molecular formula is C16H14N2OS. The van der Waals surface area contributed by atoms with Gasteiger partial charge in [-0.1, -0.05) is 42.5 Å². The number of rotatable bonds is 3. The molecule has 0 saturated carbocycles. The highest BCUT2D eigenvalue weighted by Gasteiger charge is 2.10. The smallest absolute Gasteiger partial charge is 0.0664 e. The zero-order chi connectivity index (χ0) is 13.9. The number of benzene rings is 2. The molecule has 0 aliphatic heterocycles. The van der Waals surface area contributed by atoms with Gasteiger partial charge in [0.25, 0.3) is 0 Å². The van der Waals surface area contributed by atoms with Crippen LogP contribution in [0.5, 0.6) is 0 Å². The minimum absolute atomic E-state index is 0.454. The van der Waals surface area contributed by atoms with Crippen LogP contribution < -0.4 is 5.73 Å². The van der Waals surface area contributed by atoms with Crippen molar-refractivity contribution in [3.63, 3.8) is 0 Å². The zero-order valence-corrected chi connectivity index (χ0v) is 11.6. The lowest BCUT2D eigenvalue weighted by molar-refractivity contribution is 0.683. The van der Waals surface area contributed by atoms with E-state index >= 15 is 0 Å². The van der Waals surface area contributed by atoms with Crippen molar-refractivity contribution in [2.45, 2.75) is 10.6 Å². The number of hydrogen-bond acceptors (Lipinski definition) is 3. The lowest BCUT2D eigenvalue weighted by Gasteiger charge is -2.08. The second kappa shape index (κ2) is 5.43. The first-order valence-electron chi connectivity index (χ1n) is 6.30. The van der Waals surface area contributed by atoms with Gasteiger partial charge in [-0.3, -0.25) is 9.19 Å². The lowest BCUT2D eigenvalue weighted by Crippen LogP contribution is -2.01. The van der Waals surface area contributed by atoms with Gasteiger partial charge in [0.15, 0.2) is 0 Å². The number of anilines is 1. The maximum Gasteiger partial charge on any atom is 0.0664 e. The predicted molar refractivity (Wildman–Crippen MR) is 82.7 cm³/mol. The van der Waals surface area contributed by atoms with Crippen LogP contribution in [0.15, 0.2) is 65.8 Å². The molecule has 100 valence electrons. The SMILES string of the molecule is Nc1cnccc1S(=O)Cc1cccc2ccccc12. The molecule has 0 aliphatic rings. The predicted octanol–water partition coefficient (Wildman–Crippen LogP) is 3.12. The Morgan fingerprint density at radius 1 is 1.05 bits per heavy atom. The zero-order valence-electron chi connectivity index (χ0n) is 10.8. The fourth-order valence-corrected chi connectivity index (χ4v) is 3.46. The van der Waals surface area contributed by atoms with Gasteiger partial charge in [0.2, 0.25) is 0 Å². The molecule has 1 atom stereocenters. The summed E-state index contributed by atoms with van der Waals surface area (Å²) in [7, 11) is -1.17. The van der Waals surface area contributed by atoms with Crippen LogP contribution in [0.25, 0.3) is 10.8 Å². The topological polar surface area (TPSA) is 56.0 Å². The standard InChI is InChI=1S/C16H14N2OS/c17-15-10-18-9-8-16(15)20(19)11-13-6-3-5-12-4-1-2-7-14(12)13/h1-10H,11,17H2. The third-order valence-electron chi connectivity index (χ3n) is 3.22. The average Bonchev–Trinajstić information content (AvgIpc) is 2.48. The van der Waals surface area contributed by atoms with E-state index in [4.69, 9.17) is 5.73 Å². The average molecular weight is 282 g/mol. The van der Waals surface area contributed by atoms with Gasteiger partial charge in [0.1, 0.15) is 0 Å². The fourth-order valence-electron chi connectivity index (χ4n) is 2.24. The minimum atomic E-state index is -1.17. The van der Waals surface area contributed by atoms with Crippen molar-refractivity contribution in [3.05, 3.63) is 66.5 Å². The quantitative estimate of drug-likeness (QED) is 0.803. The number of aromatic nitrogens is 1. The Morgan fingerprint density at radius 2 is 1.85 bits per heavy atom. The molecule has 1 unspecified atom stereocenters. The number of pyridine rings is 1. The monoisotopic (exact) mass is 282 g/mol. The molecule has 0 radical (unpaired) electrons. The summed E-state index contributed by atoms with van der Waals surface area (Å²) in [5, 5.41) is 2.29. The highest BCUT2D eigenvalue weighted by Crippen LogP contribution is 2.23. The molecule has 1 aromatic heterocycles. The second-order valence-electron chi connectivity index (χ2n) is 4.54. The first kappa shape index (κ1) is 12.8. The summed E-state index contributed by atoms with van der Waals surface area (Å²) in [5.41, 5.74) is 7.38. The van der Waals surface area contributed by atoms with Gasteiger partial charge in [-0.2, -0.15) is 0 Å². The Labute approximate surface area is 119 Å². The molecule has 0 bridgehead atoms. The van der Waals surface area contributed by atoms with Crippen molar-refractivity contribution in [2.24, 2.45) is 0 Å². The van der Waals surface area contributed by atoms with Gasteiger partial charge in [-0.15, -0.1) is 0 Å². The van der Waals surface area contributed by atoms with E-state index in [2.05, 4.69) is 23.2 Å². The molecule has 2 N–H and O–H groups in total. The van der Waals surface area contributed by atoms with E-state index in [1.807, 2.05) is 24.3 Å². The molecule has 1 heterocycles. The van der Waals surface area contributed by atoms with E-state index in [9.17, 15) is 4.21 Å². The van der Waals surface area contributed by atoms with Crippen LogP contribution in [0, 0.1) is 0 Å². The van der Waals surface area contributed by atoms with Crippen molar-refractivity contribution in [3.8, 4) is 0 Å². The Hall–Kier alpha value is -2.20. The molecular weight excluding hydrogens is 268 g/mol. The first-order chi connectivity index (χ1) is 9.75. The number of nitrogens with two attached hydrogens (primary N) is 1. The largest absolute Gasteiger partial charge is 0.396 e.